The predicted octanol–water partition coefficient (Wildman–Crippen LogP) is 8.52. The molecule has 2 N–H and O–H groups in total. The van der Waals surface area contributed by atoms with Gasteiger partial charge >= 0.3 is 12.2 Å². The molecule has 0 saturated heterocycles. The molecular weight excluding hydrogens is 844 g/mol. The van der Waals surface area contributed by atoms with E-state index in [0.29, 0.717) is 29.0 Å². The maximum Gasteiger partial charge on any atom is 0.420 e. The average Bonchev–Trinajstić information content (AvgIpc) is 3.82. The number of aromatic nitrogens is 2. The molecule has 14 nitrogen and oxygen atoms in total. The molecule has 2 heterocycles. The van der Waals surface area contributed by atoms with E-state index in [4.69, 9.17) is 18.9 Å². The van der Waals surface area contributed by atoms with Gasteiger partial charge in [0.2, 0.25) is 19.7 Å². The number of sulfone groups is 2. The number of amides is 1. The van der Waals surface area contributed by atoms with Crippen LogP contribution in [-0.4, -0.2) is 95.1 Å². The Bertz CT molecular complexity index is 2650. The Morgan fingerprint density at radius 2 is 1.23 bits per heavy atom. The highest BCUT2D eigenvalue weighted by atomic mass is 35.5. The number of nitrogens with zero attached hydrogens (tertiary/aromatic N) is 2. The van der Waals surface area contributed by atoms with Crippen LogP contribution in [0.25, 0.3) is 21.8 Å². The van der Waals surface area contributed by atoms with Gasteiger partial charge in [0.1, 0.15) is 40.9 Å². The van der Waals surface area contributed by atoms with Crippen molar-refractivity contribution in [1.82, 2.24) is 19.8 Å². The fourth-order valence-electron chi connectivity index (χ4n) is 5.80. The van der Waals surface area contributed by atoms with Crippen molar-refractivity contribution in [3.05, 3.63) is 109 Å². The van der Waals surface area contributed by atoms with Crippen molar-refractivity contribution in [1.29, 1.82) is 0 Å². The molecule has 0 atom stereocenters. The van der Waals surface area contributed by atoms with E-state index in [2.05, 4.69) is 10.3 Å². The number of carbonyl (C=O) groups excluding carboxylic acids is 2. The predicted molar refractivity (Wildman–Crippen MR) is 237 cm³/mol. The number of aromatic amines is 1. The second-order valence-corrected chi connectivity index (χ2v) is 19.5. The lowest BCUT2D eigenvalue weighted by Crippen LogP contribution is -2.36. The van der Waals surface area contributed by atoms with Crippen LogP contribution in [0.4, 0.5) is 9.59 Å². The third kappa shape index (κ3) is 12.1. The van der Waals surface area contributed by atoms with Gasteiger partial charge in [-0.3, -0.25) is 0 Å². The summed E-state index contributed by atoms with van der Waals surface area (Å²) in [5.41, 5.74) is -0.409. The first-order valence-electron chi connectivity index (χ1n) is 19.2. The lowest BCUT2D eigenvalue weighted by Gasteiger charge is -2.24. The van der Waals surface area contributed by atoms with Crippen LogP contribution in [0.5, 0.6) is 11.5 Å². The Balaban J connectivity index is 0.000000292. The minimum Gasteiger partial charge on any atom is -0.492 e. The molecule has 0 spiro atoms. The van der Waals surface area contributed by atoms with Crippen molar-refractivity contribution in [3.63, 3.8) is 0 Å². The molecule has 0 aliphatic rings. The van der Waals surface area contributed by atoms with E-state index >= 15 is 0 Å². The number of hydrogen-bond donors (Lipinski definition) is 2. The Morgan fingerprint density at radius 3 is 1.80 bits per heavy atom. The van der Waals surface area contributed by atoms with Gasteiger partial charge in [-0.1, -0.05) is 48.5 Å². The van der Waals surface area contributed by atoms with Gasteiger partial charge in [0.15, 0.2) is 5.03 Å². The van der Waals surface area contributed by atoms with E-state index in [1.54, 1.807) is 121 Å². The van der Waals surface area contributed by atoms with Gasteiger partial charge in [0.25, 0.3) is 0 Å². The van der Waals surface area contributed by atoms with Crippen molar-refractivity contribution < 1.29 is 45.4 Å². The summed E-state index contributed by atoms with van der Waals surface area (Å²) in [5, 5.41) is 4.13. The number of benzene rings is 4. The van der Waals surface area contributed by atoms with Crippen molar-refractivity contribution in [3.8, 4) is 11.5 Å². The molecule has 0 aliphatic heterocycles. The number of halogens is 1. The van der Waals surface area contributed by atoms with E-state index in [9.17, 15) is 26.4 Å². The summed E-state index contributed by atoms with van der Waals surface area (Å²) in [4.78, 5) is 30.1. The minimum atomic E-state index is -4.07. The van der Waals surface area contributed by atoms with Gasteiger partial charge in [-0.2, -0.15) is 0 Å². The van der Waals surface area contributed by atoms with E-state index < -0.39 is 43.1 Å². The van der Waals surface area contributed by atoms with Crippen LogP contribution < -0.4 is 14.8 Å². The Kier molecular flexibility index (Phi) is 15.7. The quantitative estimate of drug-likeness (QED) is 0.113. The molecule has 61 heavy (non-hydrogen) atoms. The van der Waals surface area contributed by atoms with E-state index in [1.165, 1.54) is 23.1 Å². The lowest BCUT2D eigenvalue weighted by atomic mass is 10.2. The first-order valence-corrected chi connectivity index (χ1v) is 22.1. The summed E-state index contributed by atoms with van der Waals surface area (Å²) in [6.45, 7) is 12.1. The van der Waals surface area contributed by atoms with Crippen LogP contribution in [0.2, 0.25) is 0 Å². The molecule has 0 bridgehead atoms. The van der Waals surface area contributed by atoms with Crippen LogP contribution in [-0.2, 0) is 29.1 Å². The molecule has 4 aromatic carbocycles. The molecule has 6 rings (SSSR count). The summed E-state index contributed by atoms with van der Waals surface area (Å²) in [7, 11) is -4.19. The van der Waals surface area contributed by atoms with Gasteiger partial charge < -0.3 is 34.1 Å². The molecule has 0 aliphatic carbocycles. The van der Waals surface area contributed by atoms with Crippen molar-refractivity contribution >= 4 is 66.1 Å². The Morgan fingerprint density at radius 1 is 0.689 bits per heavy atom. The molecule has 0 radical (unpaired) electrons. The number of likely N-dealkylation sites (N-methyl/N-ethyl adjacent to an activating group) is 2. The van der Waals surface area contributed by atoms with Crippen LogP contribution in [0.3, 0.4) is 0 Å². The van der Waals surface area contributed by atoms with Gasteiger partial charge in [-0.15, -0.1) is 12.4 Å². The molecular formula is C44H53ClN4O10S2. The van der Waals surface area contributed by atoms with E-state index in [1.807, 2.05) is 25.2 Å². The van der Waals surface area contributed by atoms with Crippen LogP contribution >= 0.6 is 12.4 Å². The zero-order valence-electron chi connectivity index (χ0n) is 35.4. The van der Waals surface area contributed by atoms with E-state index in [-0.39, 0.29) is 45.4 Å². The number of nitrogens with one attached hydrogen (secondary N) is 2. The average molecular weight is 898 g/mol. The number of rotatable bonds is 12. The van der Waals surface area contributed by atoms with Crippen molar-refractivity contribution in [2.75, 3.05) is 40.4 Å². The summed E-state index contributed by atoms with van der Waals surface area (Å²) in [5.74, 6) is 1.03. The van der Waals surface area contributed by atoms with Crippen LogP contribution in [0.15, 0.2) is 129 Å². The van der Waals surface area contributed by atoms with E-state index in [0.717, 1.165) is 22.0 Å². The number of fused-ring (bicyclic) bond motifs is 2. The molecule has 0 fully saturated rings. The summed E-state index contributed by atoms with van der Waals surface area (Å²) in [6, 6.07) is 29.8. The highest BCUT2D eigenvalue weighted by molar-refractivity contribution is 7.91. The zero-order valence-corrected chi connectivity index (χ0v) is 37.9. The lowest BCUT2D eigenvalue weighted by molar-refractivity contribution is 0.0278. The Labute approximate surface area is 363 Å². The number of H-pyrrole nitrogens is 1. The van der Waals surface area contributed by atoms with Crippen molar-refractivity contribution in [2.45, 2.75) is 72.6 Å². The Hall–Kier alpha value is -5.55. The fourth-order valence-corrected chi connectivity index (χ4v) is 8.53. The smallest absolute Gasteiger partial charge is 0.420 e. The molecule has 0 unspecified atom stereocenters. The monoisotopic (exact) mass is 896 g/mol. The number of hydrogen-bond acceptors (Lipinski definition) is 11. The normalized spacial score (nSPS) is 11.9. The maximum atomic E-state index is 13.6. The molecule has 17 heteroatoms. The highest BCUT2D eigenvalue weighted by Gasteiger charge is 2.31. The van der Waals surface area contributed by atoms with Crippen LogP contribution in [0, 0.1) is 0 Å². The molecule has 328 valence electrons. The topological polar surface area (TPSA) is 175 Å². The summed E-state index contributed by atoms with van der Waals surface area (Å²) in [6.07, 6.45) is -1.31. The van der Waals surface area contributed by atoms with Gasteiger partial charge in [-0.05, 0) is 109 Å². The molecule has 6 aromatic rings. The third-order valence-electron chi connectivity index (χ3n) is 8.62. The number of carbonyl (C=O) groups is 2. The highest BCUT2D eigenvalue weighted by Crippen LogP contribution is 2.35. The van der Waals surface area contributed by atoms with Crippen LogP contribution in [0.1, 0.15) is 41.5 Å². The largest absolute Gasteiger partial charge is 0.492 e. The van der Waals surface area contributed by atoms with Gasteiger partial charge in [-0.25, -0.2) is 31.0 Å². The van der Waals surface area contributed by atoms with Crippen molar-refractivity contribution in [2.24, 2.45) is 0 Å². The molecule has 0 saturated carbocycles. The zero-order chi connectivity index (χ0) is 43.9. The summed E-state index contributed by atoms with van der Waals surface area (Å²) < 4.78 is 76.1. The fraction of sp³-hybridized carbons (Fsp3) is 0.318. The standard InChI is InChI=1S/C27H34N2O7S.C17H18N2O3S.ClH/c1-26(2,3)35-24(30)28(7)16-17-34-22-15-11-14-21-20(22)18-23(29(21)25(31)36-27(4,5)6)37(32,33)19-12-9-8-10-13-19;1-18-10-11-22-16-9-5-8-15-14(16)12-17(19-15)23(20,21)13-6-3-2-4-7-13;/h8-15,18H,16-17H2,1-7H3;2-9,12,18-19H,10-11H2,1H3;1H. The molecule has 2 aromatic heterocycles. The first kappa shape index (κ1) is 48.1. The summed E-state index contributed by atoms with van der Waals surface area (Å²) >= 11 is 0. The number of ether oxygens (including phenoxy) is 4. The van der Waals surface area contributed by atoms with Gasteiger partial charge in [0, 0.05) is 24.4 Å². The second-order valence-electron chi connectivity index (χ2n) is 15.7. The first-order chi connectivity index (χ1) is 28.2. The third-order valence-corrected chi connectivity index (χ3v) is 12.1. The molecule has 1 amide bonds. The minimum absolute atomic E-state index is 0. The SMILES string of the molecule is CN(CCOc1cccc2c1cc(S(=O)(=O)c1ccccc1)n2C(=O)OC(C)(C)C)C(=O)OC(C)(C)C.CNCCOc1cccc2[nH]c(S(=O)(=O)c3ccccc3)cc12.Cl. The maximum absolute atomic E-state index is 13.6. The second kappa shape index (κ2) is 19.9. The van der Waals surface area contributed by atoms with Gasteiger partial charge in [0.05, 0.1) is 27.4 Å².